The van der Waals surface area contributed by atoms with Crippen molar-refractivity contribution in [2.75, 3.05) is 6.61 Å². The van der Waals surface area contributed by atoms with Crippen molar-refractivity contribution in [2.45, 2.75) is 65.1 Å². The number of rotatable bonds is 5. The fourth-order valence-electron chi connectivity index (χ4n) is 3.12. The second kappa shape index (κ2) is 6.01. The predicted molar refractivity (Wildman–Crippen MR) is 87.1 cm³/mol. The number of hydrogen-bond donors (Lipinski definition) is 1. The Kier molecular flexibility index (Phi) is 4.64. The molecule has 122 valence electrons. The predicted octanol–water partition coefficient (Wildman–Crippen LogP) is 3.31. The highest BCUT2D eigenvalue weighted by molar-refractivity contribution is 5.88. The Morgan fingerprint density at radius 3 is 2.59 bits per heavy atom. The number of benzene rings is 1. The first-order chi connectivity index (χ1) is 10.3. The highest BCUT2D eigenvalue weighted by Crippen LogP contribution is 2.47. The maximum atomic E-state index is 12.8. The van der Waals surface area contributed by atoms with Crippen LogP contribution in [-0.2, 0) is 15.1 Å². The molecule has 1 aromatic rings. The van der Waals surface area contributed by atoms with Gasteiger partial charge in [0.2, 0.25) is 0 Å². The van der Waals surface area contributed by atoms with Gasteiger partial charge in [0.15, 0.2) is 0 Å². The summed E-state index contributed by atoms with van der Waals surface area (Å²) in [6.45, 7) is 12.5. The zero-order valence-electron chi connectivity index (χ0n) is 14.4. The molecule has 4 heteroatoms. The van der Waals surface area contributed by atoms with Crippen LogP contribution >= 0.6 is 0 Å². The van der Waals surface area contributed by atoms with E-state index in [4.69, 9.17) is 9.47 Å². The summed E-state index contributed by atoms with van der Waals surface area (Å²) >= 11 is 0. The van der Waals surface area contributed by atoms with Crippen LogP contribution in [0, 0.1) is 6.92 Å². The van der Waals surface area contributed by atoms with E-state index in [0.717, 1.165) is 17.5 Å². The lowest BCUT2D eigenvalue weighted by Gasteiger charge is -2.49. The van der Waals surface area contributed by atoms with Crippen LogP contribution in [0.1, 0.15) is 52.2 Å². The smallest absolute Gasteiger partial charge is 0.334 e. The molecule has 0 aromatic heterocycles. The van der Waals surface area contributed by atoms with Crippen molar-refractivity contribution in [1.29, 1.82) is 0 Å². The molecule has 1 aliphatic heterocycles. The van der Waals surface area contributed by atoms with Crippen LogP contribution in [0.25, 0.3) is 0 Å². The Morgan fingerprint density at radius 1 is 1.32 bits per heavy atom. The van der Waals surface area contributed by atoms with Gasteiger partial charge in [-0.25, -0.2) is 4.79 Å². The quantitative estimate of drug-likeness (QED) is 0.670. The third-order valence-corrected chi connectivity index (χ3v) is 4.46. The molecule has 0 aliphatic carbocycles. The number of carbonyl (C=O) groups excluding carboxylic acids is 1. The molecule has 0 saturated heterocycles. The van der Waals surface area contributed by atoms with Gasteiger partial charge in [-0.15, -0.1) is 0 Å². The van der Waals surface area contributed by atoms with E-state index in [1.807, 2.05) is 52.8 Å². The number of aryl methyl sites for hydroxylation is 1. The minimum atomic E-state index is -0.933. The molecule has 1 N–H and O–H groups in total. The Labute approximate surface area is 133 Å². The molecule has 0 radical (unpaired) electrons. The summed E-state index contributed by atoms with van der Waals surface area (Å²) in [5.74, 6) is 0.343. The van der Waals surface area contributed by atoms with Crippen LogP contribution in [0.4, 0.5) is 0 Å². The minimum Gasteiger partial charge on any atom is -0.424 e. The first kappa shape index (κ1) is 17.0. The fraction of sp³-hybridized carbons (Fsp3) is 0.611. The monoisotopic (exact) mass is 305 g/mol. The van der Waals surface area contributed by atoms with Crippen molar-refractivity contribution in [2.24, 2.45) is 0 Å². The molecule has 0 bridgehead atoms. The van der Waals surface area contributed by atoms with E-state index in [1.165, 1.54) is 0 Å². The van der Waals surface area contributed by atoms with E-state index >= 15 is 0 Å². The number of hydrogen-bond acceptors (Lipinski definition) is 4. The molecule has 1 aromatic carbocycles. The largest absolute Gasteiger partial charge is 0.424 e. The van der Waals surface area contributed by atoms with E-state index in [1.54, 1.807) is 0 Å². The van der Waals surface area contributed by atoms with Crippen LogP contribution < -0.4 is 10.1 Å². The maximum absolute atomic E-state index is 12.8. The highest BCUT2D eigenvalue weighted by atomic mass is 16.6. The number of fused-ring (bicyclic) bond motifs is 1. The Hall–Kier alpha value is -1.39. The number of carbonyl (C=O) groups is 1. The van der Waals surface area contributed by atoms with Crippen molar-refractivity contribution in [3.8, 4) is 5.75 Å². The van der Waals surface area contributed by atoms with E-state index < -0.39 is 11.1 Å². The van der Waals surface area contributed by atoms with Gasteiger partial charge in [-0.2, -0.15) is 0 Å². The SMILES string of the molecule is CCCOC1(C)c2cccc(C)c2OC(=O)C1(C)NC(C)C. The van der Waals surface area contributed by atoms with Gasteiger partial charge in [-0.3, -0.25) is 5.32 Å². The third kappa shape index (κ3) is 2.55. The molecule has 0 spiro atoms. The van der Waals surface area contributed by atoms with Gasteiger partial charge in [-0.1, -0.05) is 25.1 Å². The van der Waals surface area contributed by atoms with Gasteiger partial charge in [0.05, 0.1) is 0 Å². The van der Waals surface area contributed by atoms with Gasteiger partial charge in [0, 0.05) is 18.2 Å². The molecular formula is C18H27NO3. The first-order valence-electron chi connectivity index (χ1n) is 8.00. The van der Waals surface area contributed by atoms with Crippen LogP contribution in [0.2, 0.25) is 0 Å². The van der Waals surface area contributed by atoms with Crippen molar-refractivity contribution in [3.05, 3.63) is 29.3 Å². The summed E-state index contributed by atoms with van der Waals surface area (Å²) in [6, 6.07) is 6.06. The normalized spacial score (nSPS) is 27.7. The Bertz CT molecular complexity index is 569. The summed E-state index contributed by atoms with van der Waals surface area (Å²) in [6.07, 6.45) is 0.892. The lowest BCUT2D eigenvalue weighted by atomic mass is 9.74. The third-order valence-electron chi connectivity index (χ3n) is 4.46. The van der Waals surface area contributed by atoms with Crippen molar-refractivity contribution in [1.82, 2.24) is 5.32 Å². The van der Waals surface area contributed by atoms with Crippen molar-refractivity contribution in [3.63, 3.8) is 0 Å². The maximum Gasteiger partial charge on any atom is 0.334 e. The Balaban J connectivity index is 2.62. The molecule has 0 amide bonds. The zero-order valence-corrected chi connectivity index (χ0v) is 14.4. The van der Waals surface area contributed by atoms with Gasteiger partial charge < -0.3 is 9.47 Å². The molecule has 22 heavy (non-hydrogen) atoms. The van der Waals surface area contributed by atoms with Crippen LogP contribution in [0.5, 0.6) is 5.75 Å². The summed E-state index contributed by atoms with van der Waals surface area (Å²) < 4.78 is 11.9. The van der Waals surface area contributed by atoms with Crippen molar-refractivity contribution < 1.29 is 14.3 Å². The average Bonchev–Trinajstić information content (AvgIpc) is 2.44. The molecule has 1 aliphatic rings. The van der Waals surface area contributed by atoms with Crippen LogP contribution in [0.15, 0.2) is 18.2 Å². The summed E-state index contributed by atoms with van der Waals surface area (Å²) in [5.41, 5.74) is 0.168. The topological polar surface area (TPSA) is 47.6 Å². The van der Waals surface area contributed by atoms with Crippen LogP contribution in [0.3, 0.4) is 0 Å². The van der Waals surface area contributed by atoms with E-state index in [9.17, 15) is 4.79 Å². The molecule has 2 atom stereocenters. The highest BCUT2D eigenvalue weighted by Gasteiger charge is 2.58. The number of para-hydroxylation sites is 1. The fourth-order valence-corrected chi connectivity index (χ4v) is 3.12. The minimum absolute atomic E-state index is 0.133. The standard InChI is InChI=1S/C18H27NO3/c1-7-11-21-18(6)14-10-8-9-13(4)15(14)22-16(20)17(18,5)19-12(2)3/h8-10,12,19H,7,11H2,1-6H3. The molecular weight excluding hydrogens is 278 g/mol. The van der Waals surface area contributed by atoms with Gasteiger partial charge in [-0.05, 0) is 46.6 Å². The van der Waals surface area contributed by atoms with Gasteiger partial charge >= 0.3 is 5.97 Å². The number of nitrogens with one attached hydrogen (secondary N) is 1. The molecule has 2 rings (SSSR count). The molecule has 0 saturated carbocycles. The first-order valence-corrected chi connectivity index (χ1v) is 8.00. The summed E-state index contributed by atoms with van der Waals surface area (Å²) in [5, 5.41) is 3.37. The van der Waals surface area contributed by atoms with E-state index in [2.05, 4.69) is 12.2 Å². The molecule has 4 nitrogen and oxygen atoms in total. The average molecular weight is 305 g/mol. The van der Waals surface area contributed by atoms with E-state index in [0.29, 0.717) is 12.4 Å². The lowest BCUT2D eigenvalue weighted by molar-refractivity contribution is -0.169. The number of esters is 1. The molecule has 1 heterocycles. The van der Waals surface area contributed by atoms with E-state index in [-0.39, 0.29) is 12.0 Å². The lowest BCUT2D eigenvalue weighted by Crippen LogP contribution is -2.68. The second-order valence-electron chi connectivity index (χ2n) is 6.65. The number of ether oxygens (including phenoxy) is 2. The van der Waals surface area contributed by atoms with Crippen molar-refractivity contribution >= 4 is 5.97 Å². The van der Waals surface area contributed by atoms with Gasteiger partial charge in [0.1, 0.15) is 16.9 Å². The summed E-state index contributed by atoms with van der Waals surface area (Å²) in [7, 11) is 0. The zero-order chi connectivity index (χ0) is 16.5. The molecule has 0 fully saturated rings. The van der Waals surface area contributed by atoms with Crippen LogP contribution in [-0.4, -0.2) is 24.2 Å². The van der Waals surface area contributed by atoms with Gasteiger partial charge in [0.25, 0.3) is 0 Å². The second-order valence-corrected chi connectivity index (χ2v) is 6.65. The summed E-state index contributed by atoms with van der Waals surface area (Å²) in [4.78, 5) is 12.8. The Morgan fingerprint density at radius 2 is 2.00 bits per heavy atom. The molecule has 2 unspecified atom stereocenters.